The van der Waals surface area contributed by atoms with Gasteiger partial charge in [0.05, 0.1) is 7.11 Å². The van der Waals surface area contributed by atoms with Crippen LogP contribution in [-0.2, 0) is 20.7 Å². The zero-order valence-electron chi connectivity index (χ0n) is 18.8. The van der Waals surface area contributed by atoms with E-state index in [1.165, 1.54) is 19.1 Å². The number of para-hydroxylation sites is 1. The van der Waals surface area contributed by atoms with Crippen molar-refractivity contribution in [3.8, 4) is 5.75 Å². The van der Waals surface area contributed by atoms with Gasteiger partial charge in [0.15, 0.2) is 17.7 Å². The number of hydrogen-bond donors (Lipinski definition) is 1. The summed E-state index contributed by atoms with van der Waals surface area (Å²) in [5, 5.41) is 2.65. The summed E-state index contributed by atoms with van der Waals surface area (Å²) in [7, 11) is 1.56. The highest BCUT2D eigenvalue weighted by Crippen LogP contribution is 2.29. The predicted octanol–water partition coefficient (Wildman–Crippen LogP) is 3.97. The smallest absolute Gasteiger partial charge is 0.306 e. The van der Waals surface area contributed by atoms with Gasteiger partial charge in [0.1, 0.15) is 5.75 Å². The van der Waals surface area contributed by atoms with Crippen LogP contribution in [0.4, 0.5) is 5.69 Å². The van der Waals surface area contributed by atoms with Gasteiger partial charge in [-0.2, -0.15) is 0 Å². The Morgan fingerprint density at radius 2 is 1.47 bits per heavy atom. The molecule has 1 atom stereocenters. The van der Waals surface area contributed by atoms with Crippen LogP contribution in [0.25, 0.3) is 0 Å². The lowest BCUT2D eigenvalue weighted by Crippen LogP contribution is -2.30. The van der Waals surface area contributed by atoms with Gasteiger partial charge in [0.2, 0.25) is 0 Å². The highest BCUT2D eigenvalue weighted by atomic mass is 16.5. The highest BCUT2D eigenvalue weighted by molar-refractivity contribution is 6.28. The molecule has 1 aliphatic carbocycles. The fraction of sp³-hybridized carbons (Fsp3) is 0.185. The van der Waals surface area contributed by atoms with Crippen LogP contribution in [0.1, 0.15) is 50.8 Å². The summed E-state index contributed by atoms with van der Waals surface area (Å²) in [5.74, 6) is -0.890. The molecule has 1 unspecified atom stereocenters. The fourth-order valence-corrected chi connectivity index (χ4v) is 3.88. The number of anilines is 1. The quantitative estimate of drug-likeness (QED) is 0.422. The molecule has 0 bridgehead atoms. The molecular formula is C27H23NO6. The molecule has 0 aromatic heterocycles. The molecule has 34 heavy (non-hydrogen) atoms. The first-order valence-electron chi connectivity index (χ1n) is 10.8. The number of ketones is 2. The van der Waals surface area contributed by atoms with Gasteiger partial charge in [-0.1, -0.05) is 42.5 Å². The molecule has 7 heteroatoms. The Balaban J connectivity index is 1.38. The van der Waals surface area contributed by atoms with E-state index in [2.05, 4.69) is 5.32 Å². The van der Waals surface area contributed by atoms with Crippen LogP contribution in [0.5, 0.6) is 5.75 Å². The van der Waals surface area contributed by atoms with Gasteiger partial charge in [0.25, 0.3) is 5.91 Å². The van der Waals surface area contributed by atoms with Crippen molar-refractivity contribution in [2.75, 3.05) is 12.4 Å². The first kappa shape index (κ1) is 22.9. The van der Waals surface area contributed by atoms with Crippen LogP contribution in [0, 0.1) is 0 Å². The van der Waals surface area contributed by atoms with E-state index in [9.17, 15) is 19.2 Å². The molecule has 0 aliphatic heterocycles. The van der Waals surface area contributed by atoms with Crippen LogP contribution in [0.3, 0.4) is 0 Å². The van der Waals surface area contributed by atoms with Crippen molar-refractivity contribution in [3.63, 3.8) is 0 Å². The second kappa shape index (κ2) is 9.70. The maximum Gasteiger partial charge on any atom is 0.306 e. The second-order valence-electron chi connectivity index (χ2n) is 7.90. The number of amides is 1. The van der Waals surface area contributed by atoms with Crippen LogP contribution in [0.2, 0.25) is 0 Å². The van der Waals surface area contributed by atoms with Crippen molar-refractivity contribution in [3.05, 3.63) is 94.5 Å². The lowest BCUT2D eigenvalue weighted by Gasteiger charge is -2.19. The number of fused-ring (bicyclic) bond motifs is 2. The third-order valence-corrected chi connectivity index (χ3v) is 5.66. The topological polar surface area (TPSA) is 98.8 Å². The molecule has 3 aromatic carbocycles. The van der Waals surface area contributed by atoms with Gasteiger partial charge >= 0.3 is 5.97 Å². The number of rotatable bonds is 7. The average molecular weight is 457 g/mol. The largest absolute Gasteiger partial charge is 0.496 e. The van der Waals surface area contributed by atoms with Crippen LogP contribution in [0.15, 0.2) is 66.7 Å². The average Bonchev–Trinajstić information content (AvgIpc) is 2.86. The summed E-state index contributed by atoms with van der Waals surface area (Å²) in [5.41, 5.74) is 2.42. The first-order chi connectivity index (χ1) is 16.4. The Morgan fingerprint density at radius 1 is 0.853 bits per heavy atom. The van der Waals surface area contributed by atoms with Gasteiger partial charge in [-0.25, -0.2) is 0 Å². The number of ether oxygens (including phenoxy) is 2. The molecule has 0 fully saturated rings. The summed E-state index contributed by atoms with van der Waals surface area (Å²) in [6, 6.07) is 18.6. The summed E-state index contributed by atoms with van der Waals surface area (Å²) < 4.78 is 10.5. The maximum atomic E-state index is 12.9. The zero-order chi connectivity index (χ0) is 24.2. The van der Waals surface area contributed by atoms with E-state index in [4.69, 9.17) is 9.47 Å². The lowest BCUT2D eigenvalue weighted by molar-refractivity contribution is -0.153. The highest BCUT2D eigenvalue weighted by Gasteiger charge is 2.29. The normalized spacial score (nSPS) is 12.9. The second-order valence-corrected chi connectivity index (χ2v) is 7.90. The summed E-state index contributed by atoms with van der Waals surface area (Å²) in [6.07, 6.45) is -0.536. The van der Waals surface area contributed by atoms with Gasteiger partial charge in [-0.05, 0) is 43.2 Å². The SMILES string of the molecule is COc1ccccc1CCC(=O)OC(C)C(=O)Nc1ccc2c(c1)C(=O)c1ccccc1C2=O. The standard InChI is InChI=1S/C27H23NO6/c1-16(34-24(29)14-11-17-7-3-6-10-23(17)33-2)27(32)28-18-12-13-21-22(15-18)26(31)20-9-5-4-8-19(20)25(21)30/h3-10,12-13,15-16H,11,14H2,1-2H3,(H,28,32). The molecule has 172 valence electrons. The van der Waals surface area contributed by atoms with E-state index in [0.717, 1.165) is 5.56 Å². The minimum atomic E-state index is -1.04. The van der Waals surface area contributed by atoms with Crippen molar-refractivity contribution >= 4 is 29.1 Å². The van der Waals surface area contributed by atoms with E-state index in [1.54, 1.807) is 37.4 Å². The first-order valence-corrected chi connectivity index (χ1v) is 10.8. The fourth-order valence-electron chi connectivity index (χ4n) is 3.88. The molecule has 3 aromatic rings. The zero-order valence-corrected chi connectivity index (χ0v) is 18.8. The molecule has 0 spiro atoms. The van der Waals surface area contributed by atoms with Crippen molar-refractivity contribution in [1.29, 1.82) is 0 Å². The Bertz CT molecular complexity index is 1300. The molecular weight excluding hydrogens is 434 g/mol. The Labute approximate surface area is 196 Å². The summed E-state index contributed by atoms with van der Waals surface area (Å²) >= 11 is 0. The maximum absolute atomic E-state index is 12.9. The number of esters is 1. The molecule has 7 nitrogen and oxygen atoms in total. The molecule has 0 radical (unpaired) electrons. The number of methoxy groups -OCH3 is 1. The van der Waals surface area contributed by atoms with Crippen molar-refractivity contribution in [1.82, 2.24) is 0 Å². The molecule has 0 saturated heterocycles. The molecule has 1 amide bonds. The van der Waals surface area contributed by atoms with Gasteiger partial charge < -0.3 is 14.8 Å². The Hall–Kier alpha value is -4.26. The third-order valence-electron chi connectivity index (χ3n) is 5.66. The Kier molecular flexibility index (Phi) is 6.54. The molecule has 4 rings (SSSR count). The van der Waals surface area contributed by atoms with Gasteiger partial charge in [-0.3, -0.25) is 19.2 Å². The van der Waals surface area contributed by atoms with E-state index < -0.39 is 18.0 Å². The molecule has 1 aliphatic rings. The van der Waals surface area contributed by atoms with Crippen LogP contribution in [-0.4, -0.2) is 36.7 Å². The van der Waals surface area contributed by atoms with E-state index >= 15 is 0 Å². The monoisotopic (exact) mass is 457 g/mol. The number of carbonyl (C=O) groups excluding carboxylic acids is 4. The molecule has 1 N–H and O–H groups in total. The third kappa shape index (κ3) is 4.59. The van der Waals surface area contributed by atoms with E-state index in [-0.39, 0.29) is 29.1 Å². The van der Waals surface area contributed by atoms with Crippen LogP contribution < -0.4 is 10.1 Å². The molecule has 0 saturated carbocycles. The minimum Gasteiger partial charge on any atom is -0.496 e. The van der Waals surface area contributed by atoms with Crippen LogP contribution >= 0.6 is 0 Å². The minimum absolute atomic E-state index is 0.0901. The number of nitrogens with one attached hydrogen (secondary N) is 1. The van der Waals surface area contributed by atoms with Crippen molar-refractivity contribution < 1.29 is 28.7 Å². The number of aryl methyl sites for hydroxylation is 1. The summed E-state index contributed by atoms with van der Waals surface area (Å²) in [6.45, 7) is 1.47. The number of benzene rings is 3. The summed E-state index contributed by atoms with van der Waals surface area (Å²) in [4.78, 5) is 50.4. The number of hydrogen-bond acceptors (Lipinski definition) is 6. The van der Waals surface area contributed by atoms with E-state index in [1.807, 2.05) is 24.3 Å². The lowest BCUT2D eigenvalue weighted by atomic mass is 9.84. The van der Waals surface area contributed by atoms with Gasteiger partial charge in [-0.15, -0.1) is 0 Å². The van der Waals surface area contributed by atoms with Crippen molar-refractivity contribution in [2.24, 2.45) is 0 Å². The Morgan fingerprint density at radius 3 is 2.18 bits per heavy atom. The predicted molar refractivity (Wildman–Crippen MR) is 125 cm³/mol. The van der Waals surface area contributed by atoms with Gasteiger partial charge in [0, 0.05) is 34.4 Å². The van der Waals surface area contributed by atoms with E-state index in [0.29, 0.717) is 29.0 Å². The van der Waals surface area contributed by atoms with Crippen molar-refractivity contribution in [2.45, 2.75) is 25.9 Å². The number of carbonyl (C=O) groups is 4. The molecule has 0 heterocycles.